The summed E-state index contributed by atoms with van der Waals surface area (Å²) in [7, 11) is 1.60. The number of benzene rings is 2. The van der Waals surface area contributed by atoms with E-state index in [-0.39, 0.29) is 18.5 Å². The summed E-state index contributed by atoms with van der Waals surface area (Å²) in [4.78, 5) is 32.8. The summed E-state index contributed by atoms with van der Waals surface area (Å²) in [5.41, 5.74) is 1.57. The molecule has 30 heavy (non-hydrogen) atoms. The first kappa shape index (κ1) is 20.0. The molecule has 0 saturated carbocycles. The van der Waals surface area contributed by atoms with Crippen LogP contribution in [-0.4, -0.2) is 55.2 Å². The highest BCUT2D eigenvalue weighted by Gasteiger charge is 2.31. The van der Waals surface area contributed by atoms with Gasteiger partial charge in [-0.05, 0) is 49.4 Å². The highest BCUT2D eigenvalue weighted by Crippen LogP contribution is 2.29. The van der Waals surface area contributed by atoms with Crippen molar-refractivity contribution in [2.24, 2.45) is 0 Å². The van der Waals surface area contributed by atoms with Crippen molar-refractivity contribution >= 4 is 44.3 Å². The minimum absolute atomic E-state index is 0.0222. The smallest absolute Gasteiger partial charge is 0.325 e. The molecule has 1 aliphatic heterocycles. The number of aromatic nitrogens is 1. The molecular weight excluding hydrogens is 404 g/mol. The number of nitrogens with zero attached hydrogens (tertiary/aromatic N) is 3. The lowest BCUT2D eigenvalue weighted by Gasteiger charge is -2.18. The summed E-state index contributed by atoms with van der Waals surface area (Å²) in [5, 5.41) is 3.30. The van der Waals surface area contributed by atoms with Crippen LogP contribution in [0.2, 0.25) is 0 Å². The van der Waals surface area contributed by atoms with Crippen LogP contribution in [0.25, 0.3) is 10.2 Å². The third-order valence-electron chi connectivity index (χ3n) is 4.73. The number of anilines is 2. The maximum atomic E-state index is 12.7. The molecule has 0 bridgehead atoms. The van der Waals surface area contributed by atoms with Crippen molar-refractivity contribution in [3.8, 4) is 11.5 Å². The summed E-state index contributed by atoms with van der Waals surface area (Å²) >= 11 is 1.38. The van der Waals surface area contributed by atoms with Crippen molar-refractivity contribution in [3.63, 3.8) is 0 Å². The van der Waals surface area contributed by atoms with Gasteiger partial charge in [-0.2, -0.15) is 0 Å². The number of carbonyl (C=O) groups excluding carboxylic acids is 2. The SMILES string of the molecule is CCOc1ccc2nc(NC(=O)CN3CCN(c4ccc(OC)cc4)C3=O)sc2c1. The predicted octanol–water partition coefficient (Wildman–Crippen LogP) is 3.58. The predicted molar refractivity (Wildman–Crippen MR) is 117 cm³/mol. The third-order valence-corrected chi connectivity index (χ3v) is 5.66. The number of methoxy groups -OCH3 is 1. The van der Waals surface area contributed by atoms with Gasteiger partial charge in [0.2, 0.25) is 5.91 Å². The van der Waals surface area contributed by atoms with Crippen LogP contribution < -0.4 is 19.7 Å². The molecule has 1 saturated heterocycles. The van der Waals surface area contributed by atoms with E-state index in [2.05, 4.69) is 10.3 Å². The molecule has 0 unspecified atom stereocenters. The van der Waals surface area contributed by atoms with Crippen LogP contribution in [0.3, 0.4) is 0 Å². The van der Waals surface area contributed by atoms with Gasteiger partial charge in [0.15, 0.2) is 5.13 Å². The minimum atomic E-state index is -0.274. The van der Waals surface area contributed by atoms with E-state index in [0.29, 0.717) is 24.8 Å². The zero-order chi connectivity index (χ0) is 21.1. The number of rotatable bonds is 7. The monoisotopic (exact) mass is 426 g/mol. The quantitative estimate of drug-likeness (QED) is 0.624. The number of urea groups is 1. The Labute approximate surface area is 178 Å². The number of fused-ring (bicyclic) bond motifs is 1. The number of nitrogens with one attached hydrogen (secondary N) is 1. The Kier molecular flexibility index (Phi) is 5.71. The summed E-state index contributed by atoms with van der Waals surface area (Å²) in [6.45, 7) is 3.50. The van der Waals surface area contributed by atoms with Gasteiger partial charge in [-0.3, -0.25) is 9.69 Å². The Morgan fingerprint density at radius 1 is 1.17 bits per heavy atom. The van der Waals surface area contributed by atoms with E-state index in [4.69, 9.17) is 9.47 Å². The second kappa shape index (κ2) is 8.58. The van der Waals surface area contributed by atoms with Crippen molar-refractivity contribution in [1.29, 1.82) is 0 Å². The molecule has 2 aromatic carbocycles. The second-order valence-corrected chi connectivity index (χ2v) is 7.71. The number of carbonyl (C=O) groups is 2. The molecule has 3 aromatic rings. The molecule has 0 aliphatic carbocycles. The number of hydrogen-bond acceptors (Lipinski definition) is 6. The van der Waals surface area contributed by atoms with E-state index in [1.807, 2.05) is 49.4 Å². The van der Waals surface area contributed by atoms with Crippen molar-refractivity contribution in [1.82, 2.24) is 9.88 Å². The summed E-state index contributed by atoms with van der Waals surface area (Å²) in [6, 6.07) is 12.7. The minimum Gasteiger partial charge on any atom is -0.497 e. The van der Waals surface area contributed by atoms with Crippen LogP contribution in [0.1, 0.15) is 6.92 Å². The Morgan fingerprint density at radius 3 is 2.67 bits per heavy atom. The van der Waals surface area contributed by atoms with Crippen molar-refractivity contribution < 1.29 is 19.1 Å². The van der Waals surface area contributed by atoms with E-state index in [1.165, 1.54) is 16.2 Å². The number of amides is 3. The van der Waals surface area contributed by atoms with Crippen LogP contribution in [0.5, 0.6) is 11.5 Å². The standard InChI is InChI=1S/C21H22N4O4S/c1-3-29-16-8-9-17-18(12-16)30-20(22-17)23-19(26)13-24-10-11-25(21(24)27)14-4-6-15(28-2)7-5-14/h4-9,12H,3,10-11,13H2,1-2H3,(H,22,23,26). The molecule has 9 heteroatoms. The Hall–Kier alpha value is -3.33. The Morgan fingerprint density at radius 2 is 1.93 bits per heavy atom. The molecule has 0 radical (unpaired) electrons. The lowest BCUT2D eigenvalue weighted by atomic mass is 10.3. The van der Waals surface area contributed by atoms with Crippen molar-refractivity contribution in [2.75, 3.05) is 43.6 Å². The molecule has 8 nitrogen and oxygen atoms in total. The maximum absolute atomic E-state index is 12.7. The second-order valence-electron chi connectivity index (χ2n) is 6.68. The van der Waals surface area contributed by atoms with Gasteiger partial charge in [-0.1, -0.05) is 11.3 Å². The topological polar surface area (TPSA) is 84.0 Å². The van der Waals surface area contributed by atoms with Gasteiger partial charge in [0, 0.05) is 18.8 Å². The molecule has 2 heterocycles. The molecule has 156 valence electrons. The average molecular weight is 426 g/mol. The van der Waals surface area contributed by atoms with Gasteiger partial charge in [0.05, 0.1) is 23.9 Å². The van der Waals surface area contributed by atoms with Gasteiger partial charge in [0.25, 0.3) is 0 Å². The normalized spacial score (nSPS) is 13.7. The van der Waals surface area contributed by atoms with Crippen LogP contribution in [0.15, 0.2) is 42.5 Å². The lowest BCUT2D eigenvalue weighted by molar-refractivity contribution is -0.116. The fourth-order valence-electron chi connectivity index (χ4n) is 3.28. The van der Waals surface area contributed by atoms with E-state index in [0.717, 1.165) is 27.4 Å². The number of thiazole rings is 1. The van der Waals surface area contributed by atoms with Crippen LogP contribution in [0.4, 0.5) is 15.6 Å². The lowest BCUT2D eigenvalue weighted by Crippen LogP contribution is -2.37. The summed E-state index contributed by atoms with van der Waals surface area (Å²) in [5.74, 6) is 1.22. The molecule has 0 spiro atoms. The third kappa shape index (κ3) is 4.16. The maximum Gasteiger partial charge on any atom is 0.325 e. The van der Waals surface area contributed by atoms with Crippen LogP contribution in [0, 0.1) is 0 Å². The van der Waals surface area contributed by atoms with E-state index in [9.17, 15) is 9.59 Å². The molecule has 0 atom stereocenters. The van der Waals surface area contributed by atoms with E-state index in [1.54, 1.807) is 12.0 Å². The van der Waals surface area contributed by atoms with Gasteiger partial charge >= 0.3 is 6.03 Å². The molecular formula is C21H22N4O4S. The zero-order valence-corrected chi connectivity index (χ0v) is 17.6. The first-order chi connectivity index (χ1) is 14.6. The zero-order valence-electron chi connectivity index (χ0n) is 16.8. The van der Waals surface area contributed by atoms with Crippen LogP contribution >= 0.6 is 11.3 Å². The highest BCUT2D eigenvalue weighted by atomic mass is 32.1. The molecule has 1 aromatic heterocycles. The van der Waals surface area contributed by atoms with Crippen LogP contribution in [-0.2, 0) is 4.79 Å². The summed E-state index contributed by atoms with van der Waals surface area (Å²) < 4.78 is 11.6. The van der Waals surface area contributed by atoms with E-state index >= 15 is 0 Å². The van der Waals surface area contributed by atoms with Crippen molar-refractivity contribution in [3.05, 3.63) is 42.5 Å². The van der Waals surface area contributed by atoms with Crippen molar-refractivity contribution in [2.45, 2.75) is 6.92 Å². The van der Waals surface area contributed by atoms with Gasteiger partial charge in [0.1, 0.15) is 18.0 Å². The Balaban J connectivity index is 1.38. The molecule has 3 amide bonds. The molecule has 4 rings (SSSR count). The van der Waals surface area contributed by atoms with Gasteiger partial charge < -0.3 is 19.7 Å². The average Bonchev–Trinajstić information content (AvgIpc) is 3.31. The molecule has 1 fully saturated rings. The van der Waals surface area contributed by atoms with Gasteiger partial charge in [-0.15, -0.1) is 0 Å². The first-order valence-electron chi connectivity index (χ1n) is 9.61. The fraction of sp³-hybridized carbons (Fsp3) is 0.286. The summed E-state index contributed by atoms with van der Waals surface area (Å²) in [6.07, 6.45) is 0. The Bertz CT molecular complexity index is 1070. The largest absolute Gasteiger partial charge is 0.497 e. The fourth-order valence-corrected chi connectivity index (χ4v) is 4.19. The molecule has 1 aliphatic rings. The first-order valence-corrected chi connectivity index (χ1v) is 10.4. The number of ether oxygens (including phenoxy) is 2. The van der Waals surface area contributed by atoms with Gasteiger partial charge in [-0.25, -0.2) is 9.78 Å². The number of hydrogen-bond donors (Lipinski definition) is 1. The highest BCUT2D eigenvalue weighted by molar-refractivity contribution is 7.22. The molecule has 1 N–H and O–H groups in total. The van der Waals surface area contributed by atoms with E-state index < -0.39 is 0 Å².